The Morgan fingerprint density at radius 3 is 2.20 bits per heavy atom. The number of piperidine rings is 2. The van der Waals surface area contributed by atoms with Gasteiger partial charge in [0, 0.05) is 18.6 Å². The van der Waals surface area contributed by atoms with Crippen LogP contribution in [-0.2, 0) is 4.79 Å². The Morgan fingerprint density at radius 2 is 1.65 bits per heavy atom. The van der Waals surface area contributed by atoms with E-state index in [9.17, 15) is 14.7 Å². The molecule has 2 heterocycles. The van der Waals surface area contributed by atoms with E-state index in [1.165, 1.54) is 0 Å². The number of hydrogen-bond donors (Lipinski definition) is 1. The molecule has 5 heteroatoms. The lowest BCUT2D eigenvalue weighted by atomic mass is 9.92. The van der Waals surface area contributed by atoms with Crippen LogP contribution in [0, 0.1) is 5.92 Å². The van der Waals surface area contributed by atoms with E-state index in [2.05, 4.69) is 20.8 Å². The van der Waals surface area contributed by atoms with Gasteiger partial charge in [-0.05, 0) is 51.9 Å². The van der Waals surface area contributed by atoms with Crippen molar-refractivity contribution in [1.29, 1.82) is 0 Å². The number of carbonyl (C=O) groups excluding carboxylic acids is 1. The summed E-state index contributed by atoms with van der Waals surface area (Å²) in [7, 11) is 0. The van der Waals surface area contributed by atoms with Gasteiger partial charge in [-0.25, -0.2) is 9.59 Å². The van der Waals surface area contributed by atoms with Gasteiger partial charge in [0.15, 0.2) is 0 Å². The Bertz CT molecular complexity index is 375. The summed E-state index contributed by atoms with van der Waals surface area (Å²) in [6, 6.07) is -0.323. The standard InChI is InChI=1S/C15H26N2O3/c1-10-7-8-16(13(9-10)14(18)19)15(20)17-11(2)5-4-6-12(17)3/h10-13H,4-9H2,1-3H3,(H,18,19)/t10?,11-,12+,13?. The van der Waals surface area contributed by atoms with Gasteiger partial charge in [0.2, 0.25) is 0 Å². The maximum Gasteiger partial charge on any atom is 0.326 e. The molecular weight excluding hydrogens is 256 g/mol. The van der Waals surface area contributed by atoms with E-state index in [0.29, 0.717) is 18.9 Å². The second-order valence-corrected chi connectivity index (χ2v) is 6.50. The molecule has 114 valence electrons. The highest BCUT2D eigenvalue weighted by Crippen LogP contribution is 2.28. The van der Waals surface area contributed by atoms with E-state index in [4.69, 9.17) is 0 Å². The van der Waals surface area contributed by atoms with Crippen LogP contribution >= 0.6 is 0 Å². The molecule has 0 aliphatic carbocycles. The van der Waals surface area contributed by atoms with Crippen molar-refractivity contribution in [3.8, 4) is 0 Å². The van der Waals surface area contributed by atoms with E-state index < -0.39 is 12.0 Å². The molecule has 2 unspecified atom stereocenters. The second-order valence-electron chi connectivity index (χ2n) is 6.50. The SMILES string of the molecule is CC1CCN(C(=O)N2[C@H](C)CCC[C@@H]2C)C(C(=O)O)C1. The molecule has 20 heavy (non-hydrogen) atoms. The molecule has 0 bridgehead atoms. The van der Waals surface area contributed by atoms with E-state index >= 15 is 0 Å². The highest BCUT2D eigenvalue weighted by molar-refractivity contribution is 5.83. The third kappa shape index (κ3) is 2.91. The fourth-order valence-electron chi connectivity index (χ4n) is 3.55. The number of carboxylic acid groups (broad SMARTS) is 1. The summed E-state index contributed by atoms with van der Waals surface area (Å²) in [5, 5.41) is 9.39. The van der Waals surface area contributed by atoms with Crippen LogP contribution in [-0.4, -0.2) is 51.6 Å². The molecular formula is C15H26N2O3. The summed E-state index contributed by atoms with van der Waals surface area (Å²) >= 11 is 0. The first kappa shape index (κ1) is 15.1. The van der Waals surface area contributed by atoms with Gasteiger partial charge < -0.3 is 14.9 Å². The first-order valence-electron chi connectivity index (χ1n) is 7.73. The number of urea groups is 1. The number of nitrogens with zero attached hydrogens (tertiary/aromatic N) is 2. The topological polar surface area (TPSA) is 60.9 Å². The van der Waals surface area contributed by atoms with Crippen molar-refractivity contribution in [2.45, 2.75) is 71.0 Å². The predicted octanol–water partition coefficient (Wildman–Crippen LogP) is 2.55. The van der Waals surface area contributed by atoms with Crippen LogP contribution in [0.2, 0.25) is 0 Å². The molecule has 0 spiro atoms. The molecule has 2 saturated heterocycles. The van der Waals surface area contributed by atoms with Crippen LogP contribution in [0.1, 0.15) is 52.9 Å². The smallest absolute Gasteiger partial charge is 0.326 e. The minimum Gasteiger partial charge on any atom is -0.480 e. The van der Waals surface area contributed by atoms with E-state index in [-0.39, 0.29) is 18.1 Å². The minimum absolute atomic E-state index is 0.0796. The largest absolute Gasteiger partial charge is 0.480 e. The Hall–Kier alpha value is -1.26. The molecule has 2 rings (SSSR count). The quantitative estimate of drug-likeness (QED) is 0.804. The van der Waals surface area contributed by atoms with Crippen LogP contribution < -0.4 is 0 Å². The summed E-state index contributed by atoms with van der Waals surface area (Å²) in [5.41, 5.74) is 0. The second kappa shape index (κ2) is 6.02. The summed E-state index contributed by atoms with van der Waals surface area (Å²) in [4.78, 5) is 27.7. The lowest BCUT2D eigenvalue weighted by molar-refractivity contribution is -0.144. The van der Waals surface area contributed by atoms with Gasteiger partial charge in [-0.1, -0.05) is 6.92 Å². The van der Waals surface area contributed by atoms with Crippen molar-refractivity contribution < 1.29 is 14.7 Å². The van der Waals surface area contributed by atoms with E-state index in [0.717, 1.165) is 25.7 Å². The van der Waals surface area contributed by atoms with Crippen LogP contribution in [0.25, 0.3) is 0 Å². The monoisotopic (exact) mass is 282 g/mol. The van der Waals surface area contributed by atoms with Crippen molar-refractivity contribution in [3.63, 3.8) is 0 Å². The molecule has 0 saturated carbocycles. The average molecular weight is 282 g/mol. The Kier molecular flexibility index (Phi) is 4.55. The highest BCUT2D eigenvalue weighted by atomic mass is 16.4. The van der Waals surface area contributed by atoms with Gasteiger partial charge in [0.05, 0.1) is 0 Å². The maximum atomic E-state index is 12.8. The number of likely N-dealkylation sites (tertiary alicyclic amines) is 2. The van der Waals surface area contributed by atoms with Crippen molar-refractivity contribution in [1.82, 2.24) is 9.80 Å². The molecule has 0 radical (unpaired) electrons. The fourth-order valence-corrected chi connectivity index (χ4v) is 3.55. The normalized spacial score (nSPS) is 35.0. The lowest BCUT2D eigenvalue weighted by Gasteiger charge is -2.45. The van der Waals surface area contributed by atoms with Crippen LogP contribution in [0.15, 0.2) is 0 Å². The summed E-state index contributed by atoms with van der Waals surface area (Å²) in [6.07, 6.45) is 4.63. The molecule has 0 aromatic carbocycles. The van der Waals surface area contributed by atoms with Gasteiger partial charge in [-0.15, -0.1) is 0 Å². The van der Waals surface area contributed by atoms with E-state index in [1.54, 1.807) is 4.90 Å². The summed E-state index contributed by atoms with van der Waals surface area (Å²) < 4.78 is 0. The number of carboxylic acids is 1. The van der Waals surface area contributed by atoms with Gasteiger partial charge >= 0.3 is 12.0 Å². The maximum absolute atomic E-state index is 12.8. The predicted molar refractivity (Wildman–Crippen MR) is 76.5 cm³/mol. The summed E-state index contributed by atoms with van der Waals surface area (Å²) in [5.74, 6) is -0.501. The zero-order chi connectivity index (χ0) is 14.9. The summed E-state index contributed by atoms with van der Waals surface area (Å²) in [6.45, 7) is 6.75. The van der Waals surface area contributed by atoms with Crippen LogP contribution in [0.3, 0.4) is 0 Å². The Morgan fingerprint density at radius 1 is 1.05 bits per heavy atom. The van der Waals surface area contributed by atoms with Crippen molar-refractivity contribution in [2.75, 3.05) is 6.54 Å². The molecule has 2 aliphatic heterocycles. The molecule has 5 nitrogen and oxygen atoms in total. The first-order chi connectivity index (χ1) is 9.41. The van der Waals surface area contributed by atoms with Crippen molar-refractivity contribution in [3.05, 3.63) is 0 Å². The van der Waals surface area contributed by atoms with Crippen molar-refractivity contribution >= 4 is 12.0 Å². The van der Waals surface area contributed by atoms with Gasteiger partial charge in [-0.2, -0.15) is 0 Å². The number of rotatable bonds is 1. The molecule has 1 N–H and O–H groups in total. The Labute approximate surface area is 120 Å². The third-order valence-electron chi connectivity index (χ3n) is 4.81. The number of amides is 2. The molecule has 0 aromatic rings. The van der Waals surface area contributed by atoms with E-state index in [1.807, 2.05) is 4.90 Å². The zero-order valence-electron chi connectivity index (χ0n) is 12.7. The number of carbonyl (C=O) groups is 2. The molecule has 2 amide bonds. The Balaban J connectivity index is 2.15. The minimum atomic E-state index is -0.873. The van der Waals surface area contributed by atoms with Gasteiger partial charge in [0.25, 0.3) is 0 Å². The van der Waals surface area contributed by atoms with Crippen molar-refractivity contribution in [2.24, 2.45) is 5.92 Å². The van der Waals surface area contributed by atoms with Gasteiger partial charge in [0.1, 0.15) is 6.04 Å². The van der Waals surface area contributed by atoms with Gasteiger partial charge in [-0.3, -0.25) is 0 Å². The zero-order valence-corrected chi connectivity index (χ0v) is 12.7. The van der Waals surface area contributed by atoms with Crippen LogP contribution in [0.4, 0.5) is 4.79 Å². The number of hydrogen-bond acceptors (Lipinski definition) is 2. The number of aliphatic carboxylic acids is 1. The molecule has 0 aromatic heterocycles. The first-order valence-corrected chi connectivity index (χ1v) is 7.73. The molecule has 2 fully saturated rings. The third-order valence-corrected chi connectivity index (χ3v) is 4.81. The lowest BCUT2D eigenvalue weighted by Crippen LogP contribution is -2.58. The fraction of sp³-hybridized carbons (Fsp3) is 0.867. The van der Waals surface area contributed by atoms with Crippen LogP contribution in [0.5, 0.6) is 0 Å². The highest BCUT2D eigenvalue weighted by Gasteiger charge is 2.39. The average Bonchev–Trinajstić information content (AvgIpc) is 2.38. The molecule has 4 atom stereocenters. The molecule has 2 aliphatic rings.